The Balaban J connectivity index is 1.48. The van der Waals surface area contributed by atoms with Crippen LogP contribution in [0.4, 0.5) is 5.82 Å². The van der Waals surface area contributed by atoms with Crippen molar-refractivity contribution in [1.29, 1.82) is 0 Å². The molecule has 2 aromatic carbocycles. The number of benzene rings is 2. The molecular weight excluding hydrogens is 388 g/mol. The Bertz CT molecular complexity index is 1140. The second-order valence-electron chi connectivity index (χ2n) is 6.74. The van der Waals surface area contributed by atoms with Gasteiger partial charge >= 0.3 is 0 Å². The normalized spacial score (nSPS) is 16.1. The SMILES string of the molecule is C/C(=N\Nc1ccc2ccccc2n1)c1ccc(S(=O)(=O)N2CCOCC2)cc1. The summed E-state index contributed by atoms with van der Waals surface area (Å²) in [7, 11) is -3.49. The first-order chi connectivity index (χ1) is 14.0. The Morgan fingerprint density at radius 2 is 1.76 bits per heavy atom. The van der Waals surface area contributed by atoms with Crippen LogP contribution in [0, 0.1) is 0 Å². The number of aromatic nitrogens is 1. The van der Waals surface area contributed by atoms with Crippen molar-refractivity contribution in [3.05, 3.63) is 66.2 Å². The fourth-order valence-electron chi connectivity index (χ4n) is 3.14. The number of hydrogen-bond acceptors (Lipinski definition) is 6. The average Bonchev–Trinajstić information content (AvgIpc) is 2.78. The lowest BCUT2D eigenvalue weighted by atomic mass is 10.1. The maximum atomic E-state index is 12.7. The highest BCUT2D eigenvalue weighted by molar-refractivity contribution is 7.89. The first-order valence-electron chi connectivity index (χ1n) is 9.38. The standard InChI is InChI=1S/C21H22N4O3S/c1-16(23-24-21-11-8-18-4-2-3-5-20(18)22-21)17-6-9-19(10-7-17)29(26,27)25-12-14-28-15-13-25/h2-11H,12-15H2,1H3,(H,22,24)/b23-16+. The van der Waals surface area contributed by atoms with Crippen LogP contribution in [0.3, 0.4) is 0 Å². The number of rotatable bonds is 5. The number of para-hydroxylation sites is 1. The lowest BCUT2D eigenvalue weighted by Gasteiger charge is -2.26. The molecule has 150 valence electrons. The molecule has 0 spiro atoms. The van der Waals surface area contributed by atoms with E-state index in [1.807, 2.05) is 43.3 Å². The summed E-state index contributed by atoms with van der Waals surface area (Å²) in [5.74, 6) is 0.648. The van der Waals surface area contributed by atoms with Crippen LogP contribution in [-0.2, 0) is 14.8 Å². The monoisotopic (exact) mass is 410 g/mol. The van der Waals surface area contributed by atoms with Crippen molar-refractivity contribution in [3.63, 3.8) is 0 Å². The van der Waals surface area contributed by atoms with E-state index < -0.39 is 10.0 Å². The van der Waals surface area contributed by atoms with E-state index in [9.17, 15) is 8.42 Å². The molecule has 1 aromatic heterocycles. The topological polar surface area (TPSA) is 83.9 Å². The Hall–Kier alpha value is -2.81. The van der Waals surface area contributed by atoms with Gasteiger partial charge in [-0.15, -0.1) is 0 Å². The summed E-state index contributed by atoms with van der Waals surface area (Å²) in [5, 5.41) is 5.45. The van der Waals surface area contributed by atoms with E-state index in [1.165, 1.54) is 4.31 Å². The lowest BCUT2D eigenvalue weighted by Crippen LogP contribution is -2.40. The molecule has 0 amide bonds. The van der Waals surface area contributed by atoms with Gasteiger partial charge in [0, 0.05) is 18.5 Å². The van der Waals surface area contributed by atoms with Gasteiger partial charge in [-0.2, -0.15) is 9.41 Å². The van der Waals surface area contributed by atoms with Gasteiger partial charge in [0.05, 0.1) is 29.3 Å². The van der Waals surface area contributed by atoms with Crippen molar-refractivity contribution >= 4 is 32.5 Å². The second kappa shape index (κ2) is 8.28. The Morgan fingerprint density at radius 1 is 1.03 bits per heavy atom. The molecule has 1 fully saturated rings. The van der Waals surface area contributed by atoms with Gasteiger partial charge in [0.15, 0.2) is 0 Å². The molecular formula is C21H22N4O3S. The van der Waals surface area contributed by atoms with Crippen LogP contribution in [0.15, 0.2) is 70.7 Å². The van der Waals surface area contributed by atoms with Crippen LogP contribution in [0.2, 0.25) is 0 Å². The van der Waals surface area contributed by atoms with Crippen LogP contribution in [-0.4, -0.2) is 49.7 Å². The fraction of sp³-hybridized carbons (Fsp3) is 0.238. The van der Waals surface area contributed by atoms with E-state index in [2.05, 4.69) is 15.5 Å². The van der Waals surface area contributed by atoms with Crippen LogP contribution in [0.1, 0.15) is 12.5 Å². The highest BCUT2D eigenvalue weighted by Crippen LogP contribution is 2.18. The van der Waals surface area contributed by atoms with Crippen molar-refractivity contribution in [2.75, 3.05) is 31.7 Å². The van der Waals surface area contributed by atoms with E-state index in [0.717, 1.165) is 22.2 Å². The predicted molar refractivity (Wildman–Crippen MR) is 114 cm³/mol. The molecule has 1 saturated heterocycles. The molecule has 0 bridgehead atoms. The molecule has 0 radical (unpaired) electrons. The zero-order valence-corrected chi connectivity index (χ0v) is 16.9. The number of anilines is 1. The molecule has 3 aromatic rings. The van der Waals surface area contributed by atoms with E-state index >= 15 is 0 Å². The number of morpholine rings is 1. The molecule has 8 heteroatoms. The lowest BCUT2D eigenvalue weighted by molar-refractivity contribution is 0.0730. The first-order valence-corrected chi connectivity index (χ1v) is 10.8. The van der Waals surface area contributed by atoms with Gasteiger partial charge in [0.1, 0.15) is 5.82 Å². The summed E-state index contributed by atoms with van der Waals surface area (Å²) in [6.45, 7) is 3.48. The number of ether oxygens (including phenoxy) is 1. The van der Waals surface area contributed by atoms with E-state index in [1.54, 1.807) is 24.3 Å². The third-order valence-electron chi connectivity index (χ3n) is 4.82. The van der Waals surface area contributed by atoms with E-state index in [0.29, 0.717) is 32.1 Å². The molecule has 29 heavy (non-hydrogen) atoms. The van der Waals surface area contributed by atoms with Gasteiger partial charge in [-0.25, -0.2) is 13.4 Å². The molecule has 4 rings (SSSR count). The number of nitrogens with zero attached hydrogens (tertiary/aromatic N) is 3. The molecule has 0 saturated carbocycles. The minimum atomic E-state index is -3.49. The minimum absolute atomic E-state index is 0.278. The third kappa shape index (κ3) is 4.29. The molecule has 2 heterocycles. The summed E-state index contributed by atoms with van der Waals surface area (Å²) in [6, 6.07) is 18.5. The van der Waals surface area contributed by atoms with Gasteiger partial charge in [-0.1, -0.05) is 30.3 Å². The largest absolute Gasteiger partial charge is 0.379 e. The zero-order chi connectivity index (χ0) is 20.3. The van der Waals surface area contributed by atoms with Crippen molar-refractivity contribution in [2.24, 2.45) is 5.10 Å². The number of hydrazone groups is 1. The van der Waals surface area contributed by atoms with Gasteiger partial charge in [-0.05, 0) is 42.8 Å². The maximum absolute atomic E-state index is 12.7. The van der Waals surface area contributed by atoms with Crippen LogP contribution in [0.25, 0.3) is 10.9 Å². The van der Waals surface area contributed by atoms with E-state index in [4.69, 9.17) is 4.74 Å². The maximum Gasteiger partial charge on any atom is 0.243 e. The highest BCUT2D eigenvalue weighted by Gasteiger charge is 2.26. The molecule has 0 unspecified atom stereocenters. The highest BCUT2D eigenvalue weighted by atomic mass is 32.2. The third-order valence-corrected chi connectivity index (χ3v) is 6.73. The van der Waals surface area contributed by atoms with Crippen LogP contribution in [0.5, 0.6) is 0 Å². The summed E-state index contributed by atoms with van der Waals surface area (Å²) < 4.78 is 32.1. The number of pyridine rings is 1. The van der Waals surface area contributed by atoms with Crippen molar-refractivity contribution < 1.29 is 13.2 Å². The van der Waals surface area contributed by atoms with Gasteiger partial charge in [0.25, 0.3) is 0 Å². The molecule has 1 aliphatic rings. The molecule has 7 nitrogen and oxygen atoms in total. The van der Waals surface area contributed by atoms with Gasteiger partial charge < -0.3 is 4.74 Å². The van der Waals surface area contributed by atoms with E-state index in [-0.39, 0.29) is 4.90 Å². The number of sulfonamides is 1. The van der Waals surface area contributed by atoms with Crippen LogP contribution >= 0.6 is 0 Å². The van der Waals surface area contributed by atoms with Gasteiger partial charge in [-0.3, -0.25) is 5.43 Å². The Morgan fingerprint density at radius 3 is 2.52 bits per heavy atom. The average molecular weight is 410 g/mol. The smallest absolute Gasteiger partial charge is 0.243 e. The summed E-state index contributed by atoms with van der Waals surface area (Å²) in [6.07, 6.45) is 0. The second-order valence-corrected chi connectivity index (χ2v) is 8.68. The molecule has 1 N–H and O–H groups in total. The fourth-order valence-corrected chi connectivity index (χ4v) is 4.55. The van der Waals surface area contributed by atoms with Crippen molar-refractivity contribution in [1.82, 2.24) is 9.29 Å². The zero-order valence-electron chi connectivity index (χ0n) is 16.1. The van der Waals surface area contributed by atoms with Crippen molar-refractivity contribution in [2.45, 2.75) is 11.8 Å². The van der Waals surface area contributed by atoms with Crippen LogP contribution < -0.4 is 5.43 Å². The molecule has 1 aliphatic heterocycles. The summed E-state index contributed by atoms with van der Waals surface area (Å²) >= 11 is 0. The number of hydrogen-bond donors (Lipinski definition) is 1. The Kier molecular flexibility index (Phi) is 5.57. The summed E-state index contributed by atoms with van der Waals surface area (Å²) in [4.78, 5) is 4.80. The Labute approximate surface area is 170 Å². The summed E-state index contributed by atoms with van der Waals surface area (Å²) in [5.41, 5.74) is 5.42. The number of fused-ring (bicyclic) bond motifs is 1. The molecule has 0 atom stereocenters. The van der Waals surface area contributed by atoms with Gasteiger partial charge in [0.2, 0.25) is 10.0 Å². The quantitative estimate of drug-likeness (QED) is 0.516. The molecule has 0 aliphatic carbocycles. The number of nitrogens with one attached hydrogen (secondary N) is 1. The minimum Gasteiger partial charge on any atom is -0.379 e. The predicted octanol–water partition coefficient (Wildman–Crippen LogP) is 3.09. The first kappa shape index (κ1) is 19.5. The van der Waals surface area contributed by atoms with Crippen molar-refractivity contribution in [3.8, 4) is 0 Å².